The minimum absolute atomic E-state index is 0.0115. The van der Waals surface area contributed by atoms with Gasteiger partial charge in [-0.2, -0.15) is 5.26 Å². The monoisotopic (exact) mass is 222 g/mol. The first-order chi connectivity index (χ1) is 6.06. The highest BCUT2D eigenvalue weighted by molar-refractivity contribution is 6.41. The topological polar surface area (TPSA) is 36.7 Å². The molecule has 0 radical (unpaired) electrons. The van der Waals surface area contributed by atoms with Gasteiger partial charge in [0.05, 0.1) is 10.6 Å². The molecular formula is C7H2Cl2F2N2. The second kappa shape index (κ2) is 3.86. The van der Waals surface area contributed by atoms with Crippen LogP contribution in [0.2, 0.25) is 10.2 Å². The van der Waals surface area contributed by atoms with E-state index in [-0.39, 0.29) is 15.7 Å². The summed E-state index contributed by atoms with van der Waals surface area (Å²) >= 11 is 10.9. The molecule has 1 aromatic rings. The fraction of sp³-hybridized carbons (Fsp3) is 0.143. The molecule has 0 unspecified atom stereocenters. The third-order valence-electron chi connectivity index (χ3n) is 1.29. The number of nitrogens with zero attached hydrogens (tertiary/aromatic N) is 2. The number of halogens is 4. The second-order valence-corrected chi connectivity index (χ2v) is 2.87. The Labute approximate surface area is 82.7 Å². The Hall–Kier alpha value is -0.920. The van der Waals surface area contributed by atoms with Gasteiger partial charge in [-0.15, -0.1) is 0 Å². The Balaban J connectivity index is 3.35. The predicted octanol–water partition coefficient (Wildman–Crippen LogP) is 3.20. The molecule has 13 heavy (non-hydrogen) atoms. The first-order valence-electron chi connectivity index (χ1n) is 3.10. The summed E-state index contributed by atoms with van der Waals surface area (Å²) in [6.07, 6.45) is -2.83. The van der Waals surface area contributed by atoms with Crippen LogP contribution in [-0.2, 0) is 0 Å². The molecule has 1 rings (SSSR count). The highest BCUT2D eigenvalue weighted by atomic mass is 35.5. The number of hydrogen-bond acceptors (Lipinski definition) is 2. The summed E-state index contributed by atoms with van der Waals surface area (Å²) < 4.78 is 24.4. The van der Waals surface area contributed by atoms with Gasteiger partial charge in [0, 0.05) is 0 Å². The van der Waals surface area contributed by atoms with E-state index in [2.05, 4.69) is 4.98 Å². The van der Waals surface area contributed by atoms with Crippen LogP contribution < -0.4 is 0 Å². The molecule has 1 aromatic heterocycles. The smallest absolute Gasteiger partial charge is 0.232 e. The van der Waals surface area contributed by atoms with Crippen LogP contribution in [0.4, 0.5) is 8.78 Å². The summed E-state index contributed by atoms with van der Waals surface area (Å²) in [7, 11) is 0. The van der Waals surface area contributed by atoms with Gasteiger partial charge in [-0.1, -0.05) is 23.2 Å². The molecule has 0 aliphatic heterocycles. The number of pyridine rings is 1. The molecular weight excluding hydrogens is 221 g/mol. The van der Waals surface area contributed by atoms with E-state index in [9.17, 15) is 8.78 Å². The molecule has 0 N–H and O–H groups in total. The van der Waals surface area contributed by atoms with Crippen molar-refractivity contribution in [1.29, 1.82) is 5.26 Å². The number of aromatic nitrogens is 1. The van der Waals surface area contributed by atoms with Gasteiger partial charge in [0.1, 0.15) is 16.9 Å². The largest absolute Gasteiger partial charge is 0.281 e. The van der Waals surface area contributed by atoms with Crippen molar-refractivity contribution in [2.45, 2.75) is 6.43 Å². The zero-order valence-electron chi connectivity index (χ0n) is 6.06. The van der Waals surface area contributed by atoms with Gasteiger partial charge >= 0.3 is 0 Å². The molecule has 0 spiro atoms. The van der Waals surface area contributed by atoms with Crippen molar-refractivity contribution in [3.63, 3.8) is 0 Å². The fourth-order valence-electron chi connectivity index (χ4n) is 0.735. The van der Waals surface area contributed by atoms with Crippen LogP contribution in [0.5, 0.6) is 0 Å². The van der Waals surface area contributed by atoms with Crippen molar-refractivity contribution in [1.82, 2.24) is 4.98 Å². The Kier molecular flexibility index (Phi) is 3.02. The van der Waals surface area contributed by atoms with Crippen molar-refractivity contribution < 1.29 is 8.78 Å². The van der Waals surface area contributed by atoms with E-state index in [1.54, 1.807) is 6.07 Å². The average molecular weight is 223 g/mol. The van der Waals surface area contributed by atoms with Crippen LogP contribution in [0.15, 0.2) is 6.07 Å². The van der Waals surface area contributed by atoms with Crippen LogP contribution >= 0.6 is 23.2 Å². The van der Waals surface area contributed by atoms with Crippen LogP contribution in [0, 0.1) is 11.3 Å². The zero-order valence-corrected chi connectivity index (χ0v) is 7.57. The quantitative estimate of drug-likeness (QED) is 0.685. The normalized spacial score (nSPS) is 10.2. The molecule has 0 aliphatic rings. The number of nitriles is 1. The number of rotatable bonds is 1. The number of alkyl halides is 2. The van der Waals surface area contributed by atoms with Gasteiger partial charge in [-0.3, -0.25) is 0 Å². The summed E-state index contributed by atoms with van der Waals surface area (Å²) in [5.41, 5.74) is -0.902. The van der Waals surface area contributed by atoms with Crippen LogP contribution in [0.3, 0.4) is 0 Å². The first-order valence-corrected chi connectivity index (χ1v) is 3.86. The molecule has 0 aliphatic carbocycles. The van der Waals surface area contributed by atoms with Crippen molar-refractivity contribution in [2.24, 2.45) is 0 Å². The highest BCUT2D eigenvalue weighted by Crippen LogP contribution is 2.27. The van der Waals surface area contributed by atoms with E-state index >= 15 is 0 Å². The van der Waals surface area contributed by atoms with Crippen molar-refractivity contribution >= 4 is 23.2 Å². The maximum Gasteiger partial charge on any atom is 0.281 e. The highest BCUT2D eigenvalue weighted by Gasteiger charge is 2.17. The lowest BCUT2D eigenvalue weighted by Crippen LogP contribution is -1.96. The Morgan fingerprint density at radius 1 is 1.46 bits per heavy atom. The molecule has 2 nitrogen and oxygen atoms in total. The molecule has 0 fully saturated rings. The third-order valence-corrected chi connectivity index (χ3v) is 1.96. The summed E-state index contributed by atoms with van der Waals surface area (Å²) in [5.74, 6) is 0. The molecule has 1 heterocycles. The zero-order chi connectivity index (χ0) is 10.0. The molecule has 0 atom stereocenters. The van der Waals surface area contributed by atoms with E-state index in [4.69, 9.17) is 28.5 Å². The molecule has 68 valence electrons. The van der Waals surface area contributed by atoms with Crippen LogP contribution in [-0.4, -0.2) is 4.98 Å². The maximum atomic E-state index is 12.2. The Morgan fingerprint density at radius 2 is 2.08 bits per heavy atom. The summed E-state index contributed by atoms with van der Waals surface area (Å²) in [6, 6.07) is 2.63. The van der Waals surface area contributed by atoms with E-state index in [1.807, 2.05) is 0 Å². The molecule has 6 heteroatoms. The number of hydrogen-bond donors (Lipinski definition) is 0. The lowest BCUT2D eigenvalue weighted by Gasteiger charge is -2.02. The summed E-state index contributed by atoms with van der Waals surface area (Å²) in [6.45, 7) is 0. The Bertz CT molecular complexity index is 373. The molecule has 0 bridgehead atoms. The van der Waals surface area contributed by atoms with Crippen molar-refractivity contribution in [3.05, 3.63) is 27.5 Å². The molecule has 0 saturated heterocycles. The lowest BCUT2D eigenvalue weighted by atomic mass is 10.2. The maximum absolute atomic E-state index is 12.2. The van der Waals surface area contributed by atoms with Crippen molar-refractivity contribution in [2.75, 3.05) is 0 Å². The minimum Gasteiger partial charge on any atom is -0.232 e. The SMILES string of the molecule is N#Cc1cc(Cl)c(Cl)nc1C(F)F. The van der Waals surface area contributed by atoms with E-state index in [0.29, 0.717) is 0 Å². The van der Waals surface area contributed by atoms with Crippen molar-refractivity contribution in [3.8, 4) is 6.07 Å². The predicted molar refractivity (Wildman–Crippen MR) is 43.9 cm³/mol. The minimum atomic E-state index is -2.83. The average Bonchev–Trinajstić information content (AvgIpc) is 2.08. The van der Waals surface area contributed by atoms with Gasteiger partial charge in [0.2, 0.25) is 0 Å². The van der Waals surface area contributed by atoms with E-state index in [0.717, 1.165) is 6.07 Å². The first kappa shape index (κ1) is 10.2. The van der Waals surface area contributed by atoms with Crippen LogP contribution in [0.1, 0.15) is 17.7 Å². The molecule has 0 aromatic carbocycles. The summed E-state index contributed by atoms with van der Waals surface area (Å²) in [5, 5.41) is 8.22. The second-order valence-electron chi connectivity index (χ2n) is 2.11. The standard InChI is InChI=1S/C7H2Cl2F2N2/c8-4-1-3(2-12)5(7(10)11)13-6(4)9/h1,7H. The fourth-order valence-corrected chi connectivity index (χ4v) is 1.03. The van der Waals surface area contributed by atoms with Gasteiger partial charge in [0.15, 0.2) is 0 Å². The van der Waals surface area contributed by atoms with E-state index < -0.39 is 12.1 Å². The van der Waals surface area contributed by atoms with Gasteiger partial charge < -0.3 is 0 Å². The van der Waals surface area contributed by atoms with Gasteiger partial charge in [0.25, 0.3) is 6.43 Å². The Morgan fingerprint density at radius 3 is 2.54 bits per heavy atom. The lowest BCUT2D eigenvalue weighted by molar-refractivity contribution is 0.145. The van der Waals surface area contributed by atoms with Crippen LogP contribution in [0.25, 0.3) is 0 Å². The van der Waals surface area contributed by atoms with Gasteiger partial charge in [-0.05, 0) is 6.07 Å². The van der Waals surface area contributed by atoms with Gasteiger partial charge in [-0.25, -0.2) is 13.8 Å². The molecule has 0 saturated carbocycles. The summed E-state index contributed by atoms with van der Waals surface area (Å²) in [4.78, 5) is 3.30. The third kappa shape index (κ3) is 2.06. The van der Waals surface area contributed by atoms with E-state index in [1.165, 1.54) is 0 Å². The molecule has 0 amide bonds.